The van der Waals surface area contributed by atoms with Crippen LogP contribution in [-0.2, 0) is 26.0 Å². The molecular formula is C10H12N2O6S. The highest BCUT2D eigenvalue weighted by molar-refractivity contribution is 7.89. The molecule has 0 bridgehead atoms. The molecule has 0 atom stereocenters. The van der Waals surface area contributed by atoms with Crippen LogP contribution in [0.1, 0.15) is 5.56 Å². The van der Waals surface area contributed by atoms with Gasteiger partial charge in [-0.15, -0.1) is 0 Å². The third kappa shape index (κ3) is 4.66. The van der Waals surface area contributed by atoms with E-state index in [1.54, 1.807) is 0 Å². The van der Waals surface area contributed by atoms with Gasteiger partial charge in [-0.3, -0.25) is 14.8 Å². The highest BCUT2D eigenvalue weighted by Crippen LogP contribution is 2.10. The van der Waals surface area contributed by atoms with E-state index in [9.17, 15) is 18.0 Å². The Bertz CT molecular complexity index is 566. The van der Waals surface area contributed by atoms with Crippen LogP contribution in [-0.4, -0.2) is 37.2 Å². The number of hydrogen-bond acceptors (Lipinski definition) is 5. The third-order valence-corrected chi connectivity index (χ3v) is 3.55. The number of carbonyl (C=O) groups is 2. The van der Waals surface area contributed by atoms with Crippen molar-refractivity contribution in [2.45, 2.75) is 11.3 Å². The SMILES string of the molecule is O=C(O)Cc1ccc(S(=O)(=O)NCC(=O)NO)cc1. The number of hydroxylamine groups is 1. The molecule has 0 unspecified atom stereocenters. The topological polar surface area (TPSA) is 133 Å². The Balaban J connectivity index is 2.79. The number of carboxylic acid groups (broad SMARTS) is 1. The quantitative estimate of drug-likeness (QED) is 0.396. The van der Waals surface area contributed by atoms with E-state index in [-0.39, 0.29) is 11.3 Å². The van der Waals surface area contributed by atoms with Crippen LogP contribution in [0.15, 0.2) is 29.2 Å². The zero-order valence-corrected chi connectivity index (χ0v) is 10.5. The van der Waals surface area contributed by atoms with E-state index in [0.717, 1.165) is 0 Å². The van der Waals surface area contributed by atoms with Crippen LogP contribution >= 0.6 is 0 Å². The minimum atomic E-state index is -3.88. The van der Waals surface area contributed by atoms with E-state index < -0.39 is 28.4 Å². The van der Waals surface area contributed by atoms with E-state index in [1.807, 2.05) is 4.72 Å². The Hall–Kier alpha value is -1.97. The Morgan fingerprint density at radius 1 is 1.16 bits per heavy atom. The monoisotopic (exact) mass is 288 g/mol. The first-order chi connectivity index (χ1) is 8.85. The normalized spacial score (nSPS) is 11.0. The van der Waals surface area contributed by atoms with Crippen molar-refractivity contribution in [1.82, 2.24) is 10.2 Å². The van der Waals surface area contributed by atoms with Crippen molar-refractivity contribution in [2.75, 3.05) is 6.54 Å². The summed E-state index contributed by atoms with van der Waals surface area (Å²) in [4.78, 5) is 21.1. The fourth-order valence-electron chi connectivity index (χ4n) is 1.24. The molecule has 1 rings (SSSR count). The smallest absolute Gasteiger partial charge is 0.307 e. The van der Waals surface area contributed by atoms with Crippen molar-refractivity contribution < 1.29 is 28.3 Å². The second-order valence-electron chi connectivity index (χ2n) is 3.57. The minimum absolute atomic E-state index is 0.104. The fourth-order valence-corrected chi connectivity index (χ4v) is 2.23. The van der Waals surface area contributed by atoms with Gasteiger partial charge in [0.25, 0.3) is 5.91 Å². The second-order valence-corrected chi connectivity index (χ2v) is 5.34. The summed E-state index contributed by atoms with van der Waals surface area (Å²) < 4.78 is 25.4. The van der Waals surface area contributed by atoms with Crippen LogP contribution in [0.4, 0.5) is 0 Å². The molecule has 0 aliphatic carbocycles. The number of nitrogens with one attached hydrogen (secondary N) is 2. The summed E-state index contributed by atoms with van der Waals surface area (Å²) in [5.74, 6) is -1.92. The lowest BCUT2D eigenvalue weighted by Gasteiger charge is -2.06. The maximum absolute atomic E-state index is 11.7. The van der Waals surface area contributed by atoms with Gasteiger partial charge in [0.2, 0.25) is 10.0 Å². The molecule has 8 nitrogen and oxygen atoms in total. The van der Waals surface area contributed by atoms with Crippen LogP contribution in [0.2, 0.25) is 0 Å². The Morgan fingerprint density at radius 2 is 1.74 bits per heavy atom. The number of rotatable bonds is 6. The van der Waals surface area contributed by atoms with Crippen LogP contribution < -0.4 is 10.2 Å². The molecule has 0 saturated carbocycles. The van der Waals surface area contributed by atoms with Crippen LogP contribution in [0.3, 0.4) is 0 Å². The third-order valence-electron chi connectivity index (χ3n) is 2.14. The lowest BCUT2D eigenvalue weighted by atomic mass is 10.2. The average Bonchev–Trinajstić information content (AvgIpc) is 2.36. The van der Waals surface area contributed by atoms with Crippen molar-refractivity contribution in [3.63, 3.8) is 0 Å². The minimum Gasteiger partial charge on any atom is -0.481 e. The van der Waals surface area contributed by atoms with Crippen LogP contribution in [0.5, 0.6) is 0 Å². The zero-order valence-electron chi connectivity index (χ0n) is 9.66. The van der Waals surface area contributed by atoms with Gasteiger partial charge >= 0.3 is 5.97 Å². The molecule has 1 amide bonds. The van der Waals surface area contributed by atoms with Gasteiger partial charge in [-0.25, -0.2) is 18.6 Å². The predicted molar refractivity (Wildman–Crippen MR) is 62.9 cm³/mol. The molecule has 0 fully saturated rings. The summed E-state index contributed by atoms with van der Waals surface area (Å²) in [5.41, 5.74) is 1.75. The molecular weight excluding hydrogens is 276 g/mol. The van der Waals surface area contributed by atoms with Gasteiger partial charge in [0, 0.05) is 0 Å². The summed E-state index contributed by atoms with van der Waals surface area (Å²) in [6, 6.07) is 5.21. The number of hydrogen-bond donors (Lipinski definition) is 4. The first kappa shape index (κ1) is 15.1. The number of carbonyl (C=O) groups excluding carboxylic acids is 1. The molecule has 0 aromatic heterocycles. The van der Waals surface area contributed by atoms with Gasteiger partial charge in [0.15, 0.2) is 0 Å². The molecule has 0 aliphatic heterocycles. The molecule has 1 aromatic rings. The first-order valence-electron chi connectivity index (χ1n) is 5.08. The first-order valence-corrected chi connectivity index (χ1v) is 6.57. The van der Waals surface area contributed by atoms with Crippen LogP contribution in [0, 0.1) is 0 Å². The number of sulfonamides is 1. The highest BCUT2D eigenvalue weighted by atomic mass is 32.2. The van der Waals surface area contributed by atoms with Crippen molar-refractivity contribution in [3.05, 3.63) is 29.8 Å². The van der Waals surface area contributed by atoms with Crippen molar-refractivity contribution in [1.29, 1.82) is 0 Å². The summed E-state index contributed by atoms with van der Waals surface area (Å²) >= 11 is 0. The lowest BCUT2D eigenvalue weighted by Crippen LogP contribution is -2.35. The molecule has 19 heavy (non-hydrogen) atoms. The van der Waals surface area contributed by atoms with Gasteiger partial charge in [0.1, 0.15) is 0 Å². The van der Waals surface area contributed by atoms with Crippen molar-refractivity contribution in [2.24, 2.45) is 0 Å². The molecule has 0 radical (unpaired) electrons. The molecule has 4 N–H and O–H groups in total. The molecule has 0 heterocycles. The summed E-state index contributed by atoms with van der Waals surface area (Å²) in [7, 11) is -3.88. The second kappa shape index (κ2) is 6.27. The van der Waals surface area contributed by atoms with Gasteiger partial charge in [-0.05, 0) is 17.7 Å². The summed E-state index contributed by atoms with van der Waals surface area (Å²) in [6.45, 7) is -0.601. The zero-order chi connectivity index (χ0) is 14.5. The van der Waals surface area contributed by atoms with Crippen molar-refractivity contribution >= 4 is 21.9 Å². The van der Waals surface area contributed by atoms with Gasteiger partial charge in [-0.1, -0.05) is 12.1 Å². The van der Waals surface area contributed by atoms with Crippen molar-refractivity contribution in [3.8, 4) is 0 Å². The molecule has 0 saturated heterocycles. The molecule has 0 aliphatic rings. The van der Waals surface area contributed by atoms with E-state index in [1.165, 1.54) is 29.7 Å². The average molecular weight is 288 g/mol. The van der Waals surface area contributed by atoms with E-state index in [2.05, 4.69) is 0 Å². The van der Waals surface area contributed by atoms with Gasteiger partial charge in [0.05, 0.1) is 17.9 Å². The van der Waals surface area contributed by atoms with E-state index >= 15 is 0 Å². The van der Waals surface area contributed by atoms with E-state index in [0.29, 0.717) is 5.56 Å². The lowest BCUT2D eigenvalue weighted by molar-refractivity contribution is -0.136. The number of aliphatic carboxylic acids is 1. The Morgan fingerprint density at radius 3 is 2.21 bits per heavy atom. The number of amides is 1. The predicted octanol–water partition coefficient (Wildman–Crippen LogP) is -0.903. The van der Waals surface area contributed by atoms with Gasteiger partial charge < -0.3 is 5.11 Å². The molecule has 0 spiro atoms. The highest BCUT2D eigenvalue weighted by Gasteiger charge is 2.15. The Kier molecular flexibility index (Phi) is 4.98. The fraction of sp³-hybridized carbons (Fsp3) is 0.200. The maximum atomic E-state index is 11.7. The largest absolute Gasteiger partial charge is 0.481 e. The summed E-state index contributed by atoms with van der Waals surface area (Å²) in [6.07, 6.45) is -0.208. The number of carboxylic acids is 1. The number of benzene rings is 1. The molecule has 104 valence electrons. The summed E-state index contributed by atoms with van der Waals surface area (Å²) in [5, 5.41) is 16.8. The molecule has 1 aromatic carbocycles. The maximum Gasteiger partial charge on any atom is 0.307 e. The van der Waals surface area contributed by atoms with Crippen LogP contribution in [0.25, 0.3) is 0 Å². The molecule has 9 heteroatoms. The Labute approximate surface area is 109 Å². The van der Waals surface area contributed by atoms with E-state index in [4.69, 9.17) is 10.3 Å². The standard InChI is InChI=1S/C10H12N2O6S/c13-9(12-16)6-11-19(17,18)8-3-1-7(2-4-8)5-10(14)15/h1-4,11,16H,5-6H2,(H,12,13)(H,14,15). The van der Waals surface area contributed by atoms with Gasteiger partial charge in [-0.2, -0.15) is 0 Å².